The first-order chi connectivity index (χ1) is 8.76. The fraction of sp³-hybridized carbons (Fsp3) is 0.250. The molecule has 2 nitrogen and oxygen atoms in total. The van der Waals surface area contributed by atoms with E-state index in [1.54, 1.807) is 6.07 Å². The zero-order valence-electron chi connectivity index (χ0n) is 9.26. The zero-order valence-corrected chi connectivity index (χ0v) is 9.26. The standard InChI is InChI=1S/C12H6F5NO/c13-11(14,15)12(16,17)19-10-6-4-9(5-7-10)3-1-2-8-18/h4-7H,2H2. The summed E-state index contributed by atoms with van der Waals surface area (Å²) >= 11 is 0. The SMILES string of the molecule is N#CCC#Cc1ccc(OC(F)(F)C(F)(F)F)cc1. The number of benzene rings is 1. The second-order valence-electron chi connectivity index (χ2n) is 3.28. The Balaban J connectivity index is 2.79. The van der Waals surface area contributed by atoms with E-state index in [1.807, 2.05) is 0 Å². The summed E-state index contributed by atoms with van der Waals surface area (Å²) in [6.45, 7) is 0. The number of alkyl halides is 5. The Labute approximate surface area is 105 Å². The average Bonchev–Trinajstić information content (AvgIpc) is 2.30. The van der Waals surface area contributed by atoms with Crippen LogP contribution < -0.4 is 4.74 Å². The third-order valence-electron chi connectivity index (χ3n) is 1.83. The Bertz CT molecular complexity index is 530. The van der Waals surface area contributed by atoms with Crippen molar-refractivity contribution in [1.82, 2.24) is 0 Å². The summed E-state index contributed by atoms with van der Waals surface area (Å²) in [6, 6.07) is 6.08. The molecule has 19 heavy (non-hydrogen) atoms. The van der Waals surface area contributed by atoms with Crippen LogP contribution >= 0.6 is 0 Å². The van der Waals surface area contributed by atoms with Gasteiger partial charge >= 0.3 is 12.3 Å². The van der Waals surface area contributed by atoms with Crippen LogP contribution in [-0.4, -0.2) is 12.3 Å². The van der Waals surface area contributed by atoms with Gasteiger partial charge in [0.25, 0.3) is 0 Å². The Hall–Kier alpha value is -2.28. The van der Waals surface area contributed by atoms with Gasteiger partial charge in [-0.15, -0.1) is 0 Å². The number of hydrogen-bond acceptors (Lipinski definition) is 2. The molecule has 0 amide bonds. The summed E-state index contributed by atoms with van der Waals surface area (Å²) in [5.41, 5.74) is 0.373. The van der Waals surface area contributed by atoms with Crippen LogP contribution in [0.5, 0.6) is 5.75 Å². The van der Waals surface area contributed by atoms with Crippen LogP contribution in [0.25, 0.3) is 0 Å². The van der Waals surface area contributed by atoms with Crippen LogP contribution in [0.1, 0.15) is 12.0 Å². The summed E-state index contributed by atoms with van der Waals surface area (Å²) < 4.78 is 64.3. The Morgan fingerprint density at radius 1 is 1.05 bits per heavy atom. The van der Waals surface area contributed by atoms with Crippen molar-refractivity contribution in [3.63, 3.8) is 0 Å². The highest BCUT2D eigenvalue weighted by Crippen LogP contribution is 2.37. The lowest BCUT2D eigenvalue weighted by Crippen LogP contribution is -2.41. The van der Waals surface area contributed by atoms with E-state index < -0.39 is 18.0 Å². The first kappa shape index (κ1) is 14.8. The maximum atomic E-state index is 12.6. The molecule has 0 saturated carbocycles. The predicted molar refractivity (Wildman–Crippen MR) is 55.2 cm³/mol. The molecular weight excluding hydrogens is 269 g/mol. The maximum Gasteiger partial charge on any atom is 0.499 e. The van der Waals surface area contributed by atoms with Crippen molar-refractivity contribution >= 4 is 0 Å². The molecule has 0 unspecified atom stereocenters. The fourth-order valence-corrected chi connectivity index (χ4v) is 0.998. The lowest BCUT2D eigenvalue weighted by atomic mass is 10.2. The second-order valence-corrected chi connectivity index (χ2v) is 3.28. The van der Waals surface area contributed by atoms with Crippen LogP contribution in [0.4, 0.5) is 22.0 Å². The molecule has 0 fully saturated rings. The lowest BCUT2D eigenvalue weighted by molar-refractivity contribution is -0.360. The van der Waals surface area contributed by atoms with Gasteiger partial charge in [-0.3, -0.25) is 0 Å². The van der Waals surface area contributed by atoms with Crippen molar-refractivity contribution in [2.45, 2.75) is 18.7 Å². The number of hydrogen-bond donors (Lipinski definition) is 0. The van der Waals surface area contributed by atoms with Crippen molar-refractivity contribution in [2.75, 3.05) is 0 Å². The minimum atomic E-state index is -5.78. The van der Waals surface area contributed by atoms with Crippen molar-refractivity contribution in [1.29, 1.82) is 5.26 Å². The monoisotopic (exact) mass is 275 g/mol. The lowest BCUT2D eigenvalue weighted by Gasteiger charge is -2.20. The Morgan fingerprint density at radius 3 is 2.11 bits per heavy atom. The average molecular weight is 275 g/mol. The molecule has 1 aromatic rings. The van der Waals surface area contributed by atoms with Crippen LogP contribution in [-0.2, 0) is 0 Å². The number of nitrogens with zero attached hydrogens (tertiary/aromatic N) is 1. The number of halogens is 5. The van der Waals surface area contributed by atoms with Gasteiger partial charge in [-0.1, -0.05) is 11.8 Å². The molecule has 1 rings (SSSR count). The van der Waals surface area contributed by atoms with Gasteiger partial charge in [-0.05, 0) is 24.3 Å². The van der Waals surface area contributed by atoms with Gasteiger partial charge in [0.05, 0.1) is 12.5 Å². The van der Waals surface area contributed by atoms with Crippen LogP contribution in [0.3, 0.4) is 0 Å². The van der Waals surface area contributed by atoms with E-state index in [0.29, 0.717) is 5.56 Å². The molecule has 1 aromatic carbocycles. The van der Waals surface area contributed by atoms with E-state index in [9.17, 15) is 22.0 Å². The first-order valence-corrected chi connectivity index (χ1v) is 4.86. The number of nitriles is 1. The van der Waals surface area contributed by atoms with E-state index >= 15 is 0 Å². The summed E-state index contributed by atoms with van der Waals surface area (Å²) in [4.78, 5) is 0. The van der Waals surface area contributed by atoms with E-state index in [1.165, 1.54) is 12.1 Å². The van der Waals surface area contributed by atoms with Crippen molar-refractivity contribution in [2.24, 2.45) is 0 Å². The fourth-order valence-electron chi connectivity index (χ4n) is 0.998. The first-order valence-electron chi connectivity index (χ1n) is 4.86. The van der Waals surface area contributed by atoms with Gasteiger partial charge in [0.15, 0.2) is 0 Å². The van der Waals surface area contributed by atoms with Gasteiger partial charge in [0.1, 0.15) is 5.75 Å². The largest absolute Gasteiger partial charge is 0.499 e. The van der Waals surface area contributed by atoms with Crippen LogP contribution in [0.15, 0.2) is 24.3 Å². The van der Waals surface area contributed by atoms with Gasteiger partial charge in [-0.25, -0.2) is 0 Å². The third-order valence-corrected chi connectivity index (χ3v) is 1.83. The smallest absolute Gasteiger partial charge is 0.426 e. The molecule has 0 N–H and O–H groups in total. The van der Waals surface area contributed by atoms with E-state index in [-0.39, 0.29) is 6.42 Å². The molecule has 0 aromatic heterocycles. The summed E-state index contributed by atoms with van der Waals surface area (Å²) in [7, 11) is 0. The molecule has 100 valence electrons. The molecule has 0 atom stereocenters. The van der Waals surface area contributed by atoms with Crippen LogP contribution in [0.2, 0.25) is 0 Å². The second kappa shape index (κ2) is 5.57. The highest BCUT2D eigenvalue weighted by Gasteiger charge is 2.61. The minimum absolute atomic E-state index is 0.00953. The predicted octanol–water partition coefficient (Wildman–Crippen LogP) is 3.49. The van der Waals surface area contributed by atoms with E-state index in [0.717, 1.165) is 12.1 Å². The molecule has 0 radical (unpaired) electrons. The molecule has 0 aliphatic heterocycles. The summed E-state index contributed by atoms with van der Waals surface area (Å²) in [5.74, 6) is 4.36. The van der Waals surface area contributed by atoms with Gasteiger partial charge in [0.2, 0.25) is 0 Å². The maximum absolute atomic E-state index is 12.6. The zero-order chi connectivity index (χ0) is 14.5. The van der Waals surface area contributed by atoms with Crippen molar-refractivity contribution in [3.05, 3.63) is 29.8 Å². The van der Waals surface area contributed by atoms with Gasteiger partial charge in [-0.2, -0.15) is 27.2 Å². The Morgan fingerprint density at radius 2 is 1.63 bits per heavy atom. The van der Waals surface area contributed by atoms with Gasteiger partial charge < -0.3 is 4.74 Å². The normalized spacial score (nSPS) is 11.2. The van der Waals surface area contributed by atoms with Gasteiger partial charge in [0, 0.05) is 5.56 Å². The number of ether oxygens (including phenoxy) is 1. The highest BCUT2D eigenvalue weighted by molar-refractivity contribution is 5.38. The van der Waals surface area contributed by atoms with E-state index in [2.05, 4.69) is 16.6 Å². The highest BCUT2D eigenvalue weighted by atomic mass is 19.4. The van der Waals surface area contributed by atoms with Crippen molar-refractivity contribution in [3.8, 4) is 23.7 Å². The molecule has 0 bridgehead atoms. The van der Waals surface area contributed by atoms with Crippen molar-refractivity contribution < 1.29 is 26.7 Å². The summed E-state index contributed by atoms with van der Waals surface area (Å²) in [6.07, 6.45) is -11.0. The molecule has 0 saturated heterocycles. The molecule has 0 aliphatic rings. The molecular formula is C12H6F5NO. The third kappa shape index (κ3) is 4.14. The minimum Gasteiger partial charge on any atom is -0.426 e. The molecule has 7 heteroatoms. The molecule has 0 aliphatic carbocycles. The molecule has 0 heterocycles. The Kier molecular flexibility index (Phi) is 4.34. The topological polar surface area (TPSA) is 33.0 Å². The summed E-state index contributed by atoms with van der Waals surface area (Å²) in [5, 5.41) is 8.23. The molecule has 0 spiro atoms. The van der Waals surface area contributed by atoms with Crippen LogP contribution in [0, 0.1) is 23.2 Å². The van der Waals surface area contributed by atoms with E-state index in [4.69, 9.17) is 5.26 Å². The number of rotatable bonds is 2. The quantitative estimate of drug-likeness (QED) is 0.611.